The average Bonchev–Trinajstić information content (AvgIpc) is 3.21. The molecule has 1 saturated heterocycles. The lowest BCUT2D eigenvalue weighted by Gasteiger charge is -2.36. The maximum absolute atomic E-state index is 12.7. The Balaban J connectivity index is 1.16. The number of furan rings is 1. The third-order valence-corrected chi connectivity index (χ3v) is 6.35. The number of anilines is 1. The maximum Gasteiger partial charge on any atom is 0.269 e. The number of carbonyl (C=O) groups excluding carboxylic acids is 1. The number of nitro benzene ring substituents is 1. The molecule has 8 heteroatoms. The molecule has 0 unspecified atom stereocenters. The van der Waals surface area contributed by atoms with E-state index in [9.17, 15) is 14.9 Å². The first kappa shape index (κ1) is 20.4. The number of nitrogens with zero attached hydrogens (tertiary/aromatic N) is 3. The summed E-state index contributed by atoms with van der Waals surface area (Å²) in [5, 5.41) is 11.9. The molecule has 32 heavy (non-hydrogen) atoms. The van der Waals surface area contributed by atoms with E-state index in [1.807, 2.05) is 18.2 Å². The van der Waals surface area contributed by atoms with E-state index in [1.54, 1.807) is 17.0 Å². The van der Waals surface area contributed by atoms with Crippen molar-refractivity contribution in [2.45, 2.75) is 25.7 Å². The van der Waals surface area contributed by atoms with Crippen LogP contribution in [0.2, 0.25) is 0 Å². The average molecular weight is 435 g/mol. The summed E-state index contributed by atoms with van der Waals surface area (Å²) in [5.74, 6) is 1.73. The highest BCUT2D eigenvalue weighted by atomic mass is 16.6. The molecule has 1 aliphatic heterocycles. The Morgan fingerprint density at radius 1 is 1.03 bits per heavy atom. The van der Waals surface area contributed by atoms with Gasteiger partial charge in [0.1, 0.15) is 17.1 Å². The van der Waals surface area contributed by atoms with Crippen LogP contribution in [-0.4, -0.2) is 48.5 Å². The second kappa shape index (κ2) is 8.53. The fraction of sp³-hybridized carbons (Fsp3) is 0.375. The van der Waals surface area contributed by atoms with Crippen molar-refractivity contribution < 1.29 is 18.9 Å². The summed E-state index contributed by atoms with van der Waals surface area (Å²) in [6.07, 6.45) is 4.37. The van der Waals surface area contributed by atoms with Gasteiger partial charge in [-0.2, -0.15) is 0 Å². The molecule has 1 aromatic heterocycles. The van der Waals surface area contributed by atoms with Crippen LogP contribution in [0.25, 0.3) is 11.0 Å². The summed E-state index contributed by atoms with van der Waals surface area (Å²) >= 11 is 0. The molecule has 1 amide bonds. The Bertz CT molecular complexity index is 1150. The summed E-state index contributed by atoms with van der Waals surface area (Å²) < 4.78 is 11.8. The van der Waals surface area contributed by atoms with Crippen LogP contribution in [0.4, 0.5) is 11.4 Å². The first-order valence-corrected chi connectivity index (χ1v) is 11.0. The smallest absolute Gasteiger partial charge is 0.269 e. The van der Waals surface area contributed by atoms with Crippen LogP contribution in [0.5, 0.6) is 5.75 Å². The lowest BCUT2D eigenvalue weighted by molar-refractivity contribution is -0.384. The standard InChI is InChI=1S/C24H25N3O5/c28-24(26-13-11-25(12-14-26)17-5-7-18(8-6-17)27(29)30)16-31-19-9-10-23-21(15-19)20-3-1-2-4-22(20)32-23/h5-10,15H,1-4,11-14,16H2. The van der Waals surface area contributed by atoms with Gasteiger partial charge in [-0.3, -0.25) is 14.9 Å². The quantitative estimate of drug-likeness (QED) is 0.445. The van der Waals surface area contributed by atoms with Gasteiger partial charge in [0.25, 0.3) is 11.6 Å². The molecule has 0 bridgehead atoms. The Morgan fingerprint density at radius 3 is 2.53 bits per heavy atom. The Morgan fingerprint density at radius 2 is 1.78 bits per heavy atom. The third kappa shape index (κ3) is 4.00. The Hall–Kier alpha value is -3.55. The molecule has 1 aliphatic carbocycles. The molecular formula is C24H25N3O5. The van der Waals surface area contributed by atoms with Crippen LogP contribution in [0.3, 0.4) is 0 Å². The minimum Gasteiger partial charge on any atom is -0.484 e. The van der Waals surface area contributed by atoms with Gasteiger partial charge in [-0.15, -0.1) is 0 Å². The highest BCUT2D eigenvalue weighted by Gasteiger charge is 2.23. The Labute approximate surface area is 185 Å². The summed E-state index contributed by atoms with van der Waals surface area (Å²) in [6.45, 7) is 2.54. The lowest BCUT2D eigenvalue weighted by atomic mass is 9.96. The molecule has 0 N–H and O–H groups in total. The van der Waals surface area contributed by atoms with Crippen LogP contribution < -0.4 is 9.64 Å². The molecule has 8 nitrogen and oxygen atoms in total. The fourth-order valence-corrected chi connectivity index (χ4v) is 4.57. The summed E-state index contributed by atoms with van der Waals surface area (Å²) in [4.78, 5) is 27.0. The van der Waals surface area contributed by atoms with Crippen molar-refractivity contribution in [1.82, 2.24) is 4.90 Å². The molecule has 5 rings (SSSR count). The fourth-order valence-electron chi connectivity index (χ4n) is 4.57. The summed E-state index contributed by atoms with van der Waals surface area (Å²) in [6, 6.07) is 12.3. The van der Waals surface area contributed by atoms with Crippen molar-refractivity contribution in [1.29, 1.82) is 0 Å². The van der Waals surface area contributed by atoms with E-state index < -0.39 is 4.92 Å². The highest BCUT2D eigenvalue weighted by Crippen LogP contribution is 2.34. The minimum absolute atomic E-state index is 0.00306. The SMILES string of the molecule is O=C(COc1ccc2oc3c(c2c1)CCCC3)N1CCN(c2ccc([N+](=O)[O-])cc2)CC1. The van der Waals surface area contributed by atoms with Crippen molar-refractivity contribution >= 4 is 28.3 Å². The normalized spacial score (nSPS) is 16.1. The second-order valence-electron chi connectivity index (χ2n) is 8.30. The summed E-state index contributed by atoms with van der Waals surface area (Å²) in [5.41, 5.74) is 3.17. The van der Waals surface area contributed by atoms with Gasteiger partial charge in [-0.05, 0) is 49.6 Å². The van der Waals surface area contributed by atoms with E-state index >= 15 is 0 Å². The van der Waals surface area contributed by atoms with Crippen LogP contribution in [0, 0.1) is 10.1 Å². The molecule has 0 radical (unpaired) electrons. The molecular weight excluding hydrogens is 410 g/mol. The molecule has 2 heterocycles. The highest BCUT2D eigenvalue weighted by molar-refractivity contribution is 5.84. The van der Waals surface area contributed by atoms with Gasteiger partial charge in [-0.1, -0.05) is 0 Å². The van der Waals surface area contributed by atoms with Crippen molar-refractivity contribution in [3.8, 4) is 5.75 Å². The van der Waals surface area contributed by atoms with Crippen molar-refractivity contribution in [2.24, 2.45) is 0 Å². The number of rotatable bonds is 5. The number of piperazine rings is 1. The van der Waals surface area contributed by atoms with Crippen molar-refractivity contribution in [3.63, 3.8) is 0 Å². The van der Waals surface area contributed by atoms with Gasteiger partial charge in [0.05, 0.1) is 4.92 Å². The Kier molecular flexibility index (Phi) is 5.43. The number of hydrogen-bond acceptors (Lipinski definition) is 6. The van der Waals surface area contributed by atoms with Crippen LogP contribution in [0.1, 0.15) is 24.2 Å². The lowest BCUT2D eigenvalue weighted by Crippen LogP contribution is -2.50. The predicted octanol–water partition coefficient (Wildman–Crippen LogP) is 3.95. The zero-order valence-electron chi connectivity index (χ0n) is 17.8. The van der Waals surface area contributed by atoms with Crippen LogP contribution in [0.15, 0.2) is 46.9 Å². The van der Waals surface area contributed by atoms with Crippen LogP contribution in [-0.2, 0) is 17.6 Å². The van der Waals surface area contributed by atoms with E-state index in [1.165, 1.54) is 30.5 Å². The number of nitro groups is 1. The van der Waals surface area contributed by atoms with Gasteiger partial charge in [0, 0.05) is 61.4 Å². The van der Waals surface area contributed by atoms with Crippen molar-refractivity contribution in [3.05, 3.63) is 63.9 Å². The van der Waals surface area contributed by atoms with Crippen molar-refractivity contribution in [2.75, 3.05) is 37.7 Å². The number of amides is 1. The monoisotopic (exact) mass is 435 g/mol. The van der Waals surface area contributed by atoms with E-state index in [2.05, 4.69) is 4.90 Å². The van der Waals surface area contributed by atoms with Gasteiger partial charge in [0.2, 0.25) is 0 Å². The first-order chi connectivity index (χ1) is 15.6. The number of benzene rings is 2. The number of hydrogen-bond donors (Lipinski definition) is 0. The maximum atomic E-state index is 12.7. The molecule has 0 saturated carbocycles. The molecule has 3 aromatic rings. The summed E-state index contributed by atoms with van der Waals surface area (Å²) in [7, 11) is 0. The molecule has 0 atom stereocenters. The number of ether oxygens (including phenoxy) is 1. The van der Waals surface area contributed by atoms with Gasteiger partial charge in [-0.25, -0.2) is 0 Å². The molecule has 166 valence electrons. The molecule has 2 aliphatic rings. The zero-order chi connectivity index (χ0) is 22.1. The second-order valence-corrected chi connectivity index (χ2v) is 8.30. The number of fused-ring (bicyclic) bond motifs is 3. The third-order valence-electron chi connectivity index (χ3n) is 6.35. The number of carbonyl (C=O) groups is 1. The molecule has 2 aromatic carbocycles. The molecule has 1 fully saturated rings. The zero-order valence-corrected chi connectivity index (χ0v) is 17.8. The van der Waals surface area contributed by atoms with Gasteiger partial charge >= 0.3 is 0 Å². The number of aryl methyl sites for hydroxylation is 2. The predicted molar refractivity (Wildman–Crippen MR) is 120 cm³/mol. The number of non-ortho nitro benzene ring substituents is 1. The van der Waals surface area contributed by atoms with E-state index in [-0.39, 0.29) is 18.2 Å². The largest absolute Gasteiger partial charge is 0.484 e. The van der Waals surface area contributed by atoms with Gasteiger partial charge < -0.3 is 19.0 Å². The topological polar surface area (TPSA) is 89.1 Å². The van der Waals surface area contributed by atoms with E-state index in [0.717, 1.165) is 35.3 Å². The first-order valence-electron chi connectivity index (χ1n) is 11.0. The van der Waals surface area contributed by atoms with E-state index in [0.29, 0.717) is 31.9 Å². The minimum atomic E-state index is -0.403. The van der Waals surface area contributed by atoms with E-state index in [4.69, 9.17) is 9.15 Å². The van der Waals surface area contributed by atoms with Crippen LogP contribution >= 0.6 is 0 Å². The molecule has 0 spiro atoms. The van der Waals surface area contributed by atoms with Gasteiger partial charge in [0.15, 0.2) is 6.61 Å².